The molecule has 4 aromatic carbocycles. The molecule has 364 valence electrons. The Morgan fingerprint density at radius 1 is 0.500 bits per heavy atom. The molecule has 0 saturated heterocycles. The van der Waals surface area contributed by atoms with E-state index in [4.69, 9.17) is 29.4 Å². The van der Waals surface area contributed by atoms with E-state index in [9.17, 15) is 4.79 Å². The Bertz CT molecular complexity index is 1810. The van der Waals surface area contributed by atoms with Crippen molar-refractivity contribution in [3.63, 3.8) is 0 Å². The molecule has 0 radical (unpaired) electrons. The Labute approximate surface area is 400 Å². The summed E-state index contributed by atoms with van der Waals surface area (Å²) in [5.74, 6) is 4.58. The highest BCUT2D eigenvalue weighted by Gasteiger charge is 2.23. The van der Waals surface area contributed by atoms with Gasteiger partial charge in [-0.15, -0.1) is 0 Å². The summed E-state index contributed by atoms with van der Waals surface area (Å²) in [6, 6.07) is 31.7. The van der Waals surface area contributed by atoms with E-state index in [0.29, 0.717) is 75.5 Å². The van der Waals surface area contributed by atoms with Crippen LogP contribution in [0.3, 0.4) is 0 Å². The lowest BCUT2D eigenvalue weighted by Crippen LogP contribution is -2.34. The van der Waals surface area contributed by atoms with Gasteiger partial charge in [0.2, 0.25) is 5.75 Å². The van der Waals surface area contributed by atoms with Gasteiger partial charge in [0.25, 0.3) is 5.91 Å². The number of rotatable bonds is 36. The van der Waals surface area contributed by atoms with Gasteiger partial charge in [0.05, 0.1) is 39.1 Å². The smallest absolute Gasteiger partial charge is 0.254 e. The Hall–Kier alpha value is -4.53. The number of nitrogens with zero attached hydrogens (tertiary/aromatic N) is 1. The molecule has 0 spiro atoms. The number of unbranched alkanes of at least 4 members (excludes halogenated alkanes) is 9. The van der Waals surface area contributed by atoms with Gasteiger partial charge >= 0.3 is 0 Å². The number of amides is 1. The van der Waals surface area contributed by atoms with E-state index in [0.717, 1.165) is 78.7 Å². The minimum absolute atomic E-state index is 0.110. The van der Waals surface area contributed by atoms with E-state index in [1.807, 2.05) is 89.8 Å². The predicted octanol–water partition coefficient (Wildman–Crippen LogP) is 14.4. The number of hydrogen-bond donors (Lipinski definition) is 1. The lowest BCUT2D eigenvalue weighted by molar-refractivity contribution is 0.0571. The topological polar surface area (TPSA) is 92.5 Å². The molecule has 66 heavy (non-hydrogen) atoms. The summed E-state index contributed by atoms with van der Waals surface area (Å²) in [5.41, 5.74) is 10.1. The molecule has 4 aromatic rings. The van der Waals surface area contributed by atoms with Crippen LogP contribution in [0.4, 0.5) is 0 Å². The molecule has 0 aliphatic carbocycles. The third-order valence-corrected chi connectivity index (χ3v) is 12.0. The average molecular weight is 907 g/mol. The fourth-order valence-corrected chi connectivity index (χ4v) is 7.98. The first-order valence-corrected chi connectivity index (χ1v) is 25.6. The van der Waals surface area contributed by atoms with Crippen LogP contribution in [0.2, 0.25) is 0 Å². The van der Waals surface area contributed by atoms with E-state index in [1.54, 1.807) is 0 Å². The zero-order chi connectivity index (χ0) is 47.2. The lowest BCUT2D eigenvalue weighted by atomic mass is 10.00. The Balaban J connectivity index is 1.47. The molecular weight excluding hydrogens is 821 g/mol. The molecule has 8 heteroatoms. The van der Waals surface area contributed by atoms with Crippen LogP contribution in [0.5, 0.6) is 23.0 Å². The van der Waals surface area contributed by atoms with Gasteiger partial charge in [0.15, 0.2) is 11.5 Å². The van der Waals surface area contributed by atoms with Crippen LogP contribution < -0.4 is 24.7 Å². The number of benzene rings is 4. The van der Waals surface area contributed by atoms with Crippen molar-refractivity contribution in [1.29, 1.82) is 0 Å². The SMILES string of the molecule is CC(C)CCCCCCOc1cc(C(=O)N(CCOCCOc2ccc(C(N)c3ccccc3)cc2)Cc2ccccc2)cc(OCCCCCCC(C)C)c1OCCCCCCC(C)C. The zero-order valence-corrected chi connectivity index (χ0v) is 41.8. The van der Waals surface area contributed by atoms with Crippen molar-refractivity contribution in [3.05, 3.63) is 119 Å². The lowest BCUT2D eigenvalue weighted by Gasteiger charge is -2.25. The van der Waals surface area contributed by atoms with Gasteiger partial charge in [-0.05, 0) is 78.0 Å². The van der Waals surface area contributed by atoms with E-state index in [-0.39, 0.29) is 11.9 Å². The first-order chi connectivity index (χ1) is 32.1. The number of ether oxygens (including phenoxy) is 5. The molecule has 0 aromatic heterocycles. The Kier molecular flexibility index (Phi) is 26.4. The zero-order valence-electron chi connectivity index (χ0n) is 41.8. The maximum atomic E-state index is 14.7. The molecule has 1 unspecified atom stereocenters. The second-order valence-electron chi connectivity index (χ2n) is 19.3. The molecule has 0 fully saturated rings. The van der Waals surface area contributed by atoms with Crippen molar-refractivity contribution >= 4 is 5.91 Å². The highest BCUT2D eigenvalue weighted by atomic mass is 16.5. The third kappa shape index (κ3) is 21.8. The molecule has 1 amide bonds. The Morgan fingerprint density at radius 2 is 0.970 bits per heavy atom. The summed E-state index contributed by atoms with van der Waals surface area (Å²) in [6.07, 6.45) is 17.2. The molecule has 4 rings (SSSR count). The predicted molar refractivity (Wildman–Crippen MR) is 273 cm³/mol. The fraction of sp³-hybridized carbons (Fsp3) is 0.569. The summed E-state index contributed by atoms with van der Waals surface area (Å²) in [7, 11) is 0. The molecule has 0 heterocycles. The summed E-state index contributed by atoms with van der Waals surface area (Å²) in [4.78, 5) is 16.6. The van der Waals surface area contributed by atoms with Gasteiger partial charge in [-0.1, -0.05) is 191 Å². The van der Waals surface area contributed by atoms with E-state index in [1.165, 1.54) is 57.8 Å². The maximum absolute atomic E-state index is 14.7. The highest BCUT2D eigenvalue weighted by Crippen LogP contribution is 2.40. The van der Waals surface area contributed by atoms with Crippen LogP contribution >= 0.6 is 0 Å². The molecule has 0 aliphatic heterocycles. The largest absolute Gasteiger partial charge is 0.491 e. The first-order valence-electron chi connectivity index (χ1n) is 25.6. The number of nitrogens with two attached hydrogens (primary N) is 1. The van der Waals surface area contributed by atoms with Gasteiger partial charge in [-0.2, -0.15) is 0 Å². The van der Waals surface area contributed by atoms with Crippen LogP contribution in [0.25, 0.3) is 0 Å². The van der Waals surface area contributed by atoms with Crippen molar-refractivity contribution in [3.8, 4) is 23.0 Å². The quantitative estimate of drug-likeness (QED) is 0.0454. The number of carbonyl (C=O) groups excluding carboxylic acids is 1. The summed E-state index contributed by atoms with van der Waals surface area (Å²) >= 11 is 0. The first kappa shape index (κ1) is 54.1. The maximum Gasteiger partial charge on any atom is 0.254 e. The van der Waals surface area contributed by atoms with Crippen molar-refractivity contribution in [2.24, 2.45) is 23.5 Å². The molecule has 0 bridgehead atoms. The molecule has 0 saturated carbocycles. The molecular formula is C58H86N2O6. The van der Waals surface area contributed by atoms with Gasteiger partial charge in [-0.3, -0.25) is 4.79 Å². The summed E-state index contributed by atoms with van der Waals surface area (Å²) < 4.78 is 31.9. The van der Waals surface area contributed by atoms with Crippen molar-refractivity contribution in [2.45, 2.75) is 150 Å². The summed E-state index contributed by atoms with van der Waals surface area (Å²) in [5, 5.41) is 0. The minimum atomic E-state index is -0.197. The minimum Gasteiger partial charge on any atom is -0.491 e. The third-order valence-electron chi connectivity index (χ3n) is 12.0. The van der Waals surface area contributed by atoms with Crippen LogP contribution in [-0.2, 0) is 11.3 Å². The Morgan fingerprint density at radius 3 is 1.48 bits per heavy atom. The van der Waals surface area contributed by atoms with Crippen molar-refractivity contribution in [1.82, 2.24) is 4.90 Å². The van der Waals surface area contributed by atoms with Crippen LogP contribution in [0, 0.1) is 17.8 Å². The van der Waals surface area contributed by atoms with Crippen LogP contribution in [0.15, 0.2) is 97.1 Å². The second-order valence-corrected chi connectivity index (χ2v) is 19.3. The molecule has 8 nitrogen and oxygen atoms in total. The van der Waals surface area contributed by atoms with Crippen LogP contribution in [0.1, 0.15) is 171 Å². The van der Waals surface area contributed by atoms with Gasteiger partial charge in [-0.25, -0.2) is 0 Å². The number of hydrogen-bond acceptors (Lipinski definition) is 7. The van der Waals surface area contributed by atoms with Crippen molar-refractivity contribution in [2.75, 3.05) is 46.2 Å². The monoisotopic (exact) mass is 907 g/mol. The standard InChI is InChI=1S/C58H86N2O6/c1-46(2)25-15-7-10-22-37-64-54-43-52(44-55(65-38-23-11-8-16-26-47(3)4)57(54)66-39-24-12-9-17-27-48(5)6)58(61)60(45-49-28-18-13-19-29-49)36-40-62-41-42-63-53-34-32-51(33-35-53)56(59)50-30-20-14-21-31-50/h13-14,18-21,28-35,43-44,46-48,56H,7-12,15-17,22-27,36-42,45,59H2,1-6H3. The molecule has 1 atom stereocenters. The van der Waals surface area contributed by atoms with E-state index < -0.39 is 0 Å². The van der Waals surface area contributed by atoms with E-state index >= 15 is 0 Å². The van der Waals surface area contributed by atoms with E-state index in [2.05, 4.69) is 53.7 Å². The normalized spacial score (nSPS) is 11.9. The van der Waals surface area contributed by atoms with Gasteiger partial charge in [0.1, 0.15) is 12.4 Å². The number of carbonyl (C=O) groups is 1. The highest BCUT2D eigenvalue weighted by molar-refractivity contribution is 5.95. The van der Waals surface area contributed by atoms with Gasteiger partial charge in [0, 0.05) is 18.7 Å². The van der Waals surface area contributed by atoms with Crippen LogP contribution in [-0.4, -0.2) is 57.0 Å². The molecule has 0 aliphatic rings. The average Bonchev–Trinajstić information content (AvgIpc) is 3.31. The second kappa shape index (κ2) is 32.2. The van der Waals surface area contributed by atoms with Crippen molar-refractivity contribution < 1.29 is 28.5 Å². The fourth-order valence-electron chi connectivity index (χ4n) is 7.98. The molecule has 2 N–H and O–H groups in total. The summed E-state index contributed by atoms with van der Waals surface area (Å²) in [6.45, 7) is 17.3. The van der Waals surface area contributed by atoms with Gasteiger partial charge < -0.3 is 34.3 Å².